The van der Waals surface area contributed by atoms with Crippen molar-refractivity contribution in [1.82, 2.24) is 16.0 Å². The number of hydrogen-bond donors (Lipinski definition) is 4. The summed E-state index contributed by atoms with van der Waals surface area (Å²) in [5, 5.41) is 7.16. The Morgan fingerprint density at radius 2 is 1.77 bits per heavy atom. The summed E-state index contributed by atoms with van der Waals surface area (Å²) in [6, 6.07) is 6.47. The molecule has 0 bridgehead atoms. The maximum absolute atomic E-state index is 12.1. The van der Waals surface area contributed by atoms with E-state index in [2.05, 4.69) is 16.0 Å². The third kappa shape index (κ3) is 8.95. The summed E-state index contributed by atoms with van der Waals surface area (Å²) in [4.78, 5) is 59.1. The third-order valence-corrected chi connectivity index (χ3v) is 4.40. The lowest BCUT2D eigenvalue weighted by Gasteiger charge is -2.18. The van der Waals surface area contributed by atoms with Crippen LogP contribution in [0.2, 0.25) is 0 Å². The van der Waals surface area contributed by atoms with Gasteiger partial charge >= 0.3 is 0 Å². The van der Waals surface area contributed by atoms with Crippen LogP contribution in [0.5, 0.6) is 0 Å². The van der Waals surface area contributed by atoms with Gasteiger partial charge in [0.15, 0.2) is 0 Å². The molecule has 0 radical (unpaired) electrons. The zero-order valence-corrected chi connectivity index (χ0v) is 17.4. The van der Waals surface area contributed by atoms with Crippen molar-refractivity contribution in [2.24, 2.45) is 5.73 Å². The number of carbonyl (C=O) groups is 5. The fourth-order valence-electron chi connectivity index (χ4n) is 2.64. The molecule has 164 valence electrons. The molecule has 5 N–H and O–H groups in total. The Labute approximate surface area is 176 Å². The molecular formula is C21H30N4O5. The standard InChI is InChI=1S/C21H30N4O5/c1-3-4-10-16(13-26)25-20(29)14(2)24-18(27)12-23-21(30)19(28)17(22)11-15-8-6-5-7-9-15/h5-9,13-14,16-17H,3-4,10-12,22H2,1-2H3,(H,23,30)(H,24,27)(H,25,29)/t14-,16-,17-/m0/s1. The van der Waals surface area contributed by atoms with Crippen LogP contribution in [-0.4, -0.2) is 54.5 Å². The van der Waals surface area contributed by atoms with E-state index in [4.69, 9.17) is 5.73 Å². The molecule has 0 aliphatic rings. The van der Waals surface area contributed by atoms with Crippen molar-refractivity contribution in [2.45, 2.75) is 57.7 Å². The number of carbonyl (C=O) groups excluding carboxylic acids is 5. The summed E-state index contributed by atoms with van der Waals surface area (Å²) in [6.45, 7) is 2.95. The van der Waals surface area contributed by atoms with Gasteiger partial charge in [-0.2, -0.15) is 0 Å². The number of nitrogens with one attached hydrogen (secondary N) is 3. The van der Waals surface area contributed by atoms with Gasteiger partial charge in [0, 0.05) is 0 Å². The molecule has 3 atom stereocenters. The van der Waals surface area contributed by atoms with Crippen LogP contribution in [0.15, 0.2) is 30.3 Å². The first-order valence-corrected chi connectivity index (χ1v) is 9.95. The smallest absolute Gasteiger partial charge is 0.289 e. The molecule has 0 aromatic heterocycles. The maximum Gasteiger partial charge on any atom is 0.289 e. The van der Waals surface area contributed by atoms with Crippen molar-refractivity contribution in [3.8, 4) is 0 Å². The number of nitrogens with two attached hydrogens (primary N) is 1. The minimum atomic E-state index is -1.02. The van der Waals surface area contributed by atoms with E-state index in [1.54, 1.807) is 24.3 Å². The van der Waals surface area contributed by atoms with Gasteiger partial charge in [0.05, 0.1) is 18.6 Å². The summed E-state index contributed by atoms with van der Waals surface area (Å²) in [5.41, 5.74) is 6.59. The van der Waals surface area contributed by atoms with Gasteiger partial charge in [0.2, 0.25) is 17.6 Å². The lowest BCUT2D eigenvalue weighted by atomic mass is 10.0. The van der Waals surface area contributed by atoms with Crippen LogP contribution in [0.25, 0.3) is 0 Å². The Morgan fingerprint density at radius 3 is 2.37 bits per heavy atom. The van der Waals surface area contributed by atoms with Crippen LogP contribution in [0.1, 0.15) is 38.7 Å². The summed E-state index contributed by atoms with van der Waals surface area (Å²) in [7, 11) is 0. The monoisotopic (exact) mass is 418 g/mol. The quantitative estimate of drug-likeness (QED) is 0.254. The van der Waals surface area contributed by atoms with Gasteiger partial charge in [-0.05, 0) is 25.3 Å². The molecule has 0 unspecified atom stereocenters. The highest BCUT2D eigenvalue weighted by molar-refractivity contribution is 6.38. The largest absolute Gasteiger partial charge is 0.345 e. The van der Waals surface area contributed by atoms with Crippen molar-refractivity contribution < 1.29 is 24.0 Å². The molecule has 0 fully saturated rings. The molecule has 9 nitrogen and oxygen atoms in total. The number of ketones is 1. The minimum Gasteiger partial charge on any atom is -0.345 e. The second-order valence-corrected chi connectivity index (χ2v) is 7.03. The van der Waals surface area contributed by atoms with Crippen LogP contribution < -0.4 is 21.7 Å². The molecule has 0 saturated carbocycles. The van der Waals surface area contributed by atoms with Crippen LogP contribution in [-0.2, 0) is 30.4 Å². The van der Waals surface area contributed by atoms with Crippen LogP contribution >= 0.6 is 0 Å². The van der Waals surface area contributed by atoms with Crippen molar-refractivity contribution >= 4 is 29.8 Å². The van der Waals surface area contributed by atoms with E-state index in [9.17, 15) is 24.0 Å². The summed E-state index contributed by atoms with van der Waals surface area (Å²) >= 11 is 0. The molecule has 9 heteroatoms. The highest BCUT2D eigenvalue weighted by Crippen LogP contribution is 2.02. The predicted molar refractivity (Wildman–Crippen MR) is 111 cm³/mol. The molecule has 0 saturated heterocycles. The normalized spacial score (nSPS) is 13.4. The van der Waals surface area contributed by atoms with Gasteiger partial charge in [0.25, 0.3) is 5.91 Å². The Balaban J connectivity index is 2.41. The molecule has 30 heavy (non-hydrogen) atoms. The second-order valence-electron chi connectivity index (χ2n) is 7.03. The lowest BCUT2D eigenvalue weighted by Crippen LogP contribution is -2.51. The average Bonchev–Trinajstić information content (AvgIpc) is 2.74. The Bertz CT molecular complexity index is 738. The first kappa shape index (κ1) is 25.0. The number of hydrogen-bond acceptors (Lipinski definition) is 6. The van der Waals surface area contributed by atoms with E-state index in [-0.39, 0.29) is 6.42 Å². The van der Waals surface area contributed by atoms with Crippen molar-refractivity contribution in [1.29, 1.82) is 0 Å². The number of benzene rings is 1. The fraction of sp³-hybridized carbons (Fsp3) is 0.476. The van der Waals surface area contributed by atoms with E-state index < -0.39 is 48.2 Å². The van der Waals surface area contributed by atoms with Crippen molar-refractivity contribution in [3.63, 3.8) is 0 Å². The zero-order chi connectivity index (χ0) is 22.5. The van der Waals surface area contributed by atoms with Gasteiger partial charge < -0.3 is 26.5 Å². The molecule has 1 aromatic rings. The zero-order valence-electron chi connectivity index (χ0n) is 17.4. The lowest BCUT2D eigenvalue weighted by molar-refractivity contribution is -0.139. The first-order valence-electron chi connectivity index (χ1n) is 9.95. The fourth-order valence-corrected chi connectivity index (χ4v) is 2.64. The van der Waals surface area contributed by atoms with Crippen molar-refractivity contribution in [2.75, 3.05) is 6.54 Å². The van der Waals surface area contributed by atoms with Gasteiger partial charge in [-0.1, -0.05) is 50.1 Å². The summed E-state index contributed by atoms with van der Waals surface area (Å²) in [5.74, 6) is -2.95. The number of aldehydes is 1. The highest BCUT2D eigenvalue weighted by atomic mass is 16.2. The molecule has 3 amide bonds. The van der Waals surface area contributed by atoms with Gasteiger partial charge in [0.1, 0.15) is 12.3 Å². The summed E-state index contributed by atoms with van der Waals surface area (Å²) < 4.78 is 0. The first-order chi connectivity index (χ1) is 14.3. The molecule has 0 aliphatic carbocycles. The van der Waals surface area contributed by atoms with E-state index in [0.29, 0.717) is 12.7 Å². The van der Waals surface area contributed by atoms with Crippen LogP contribution in [0.3, 0.4) is 0 Å². The number of unbranched alkanes of at least 4 members (excludes halogenated alkanes) is 1. The Morgan fingerprint density at radius 1 is 1.10 bits per heavy atom. The van der Waals surface area contributed by atoms with Gasteiger partial charge in [-0.25, -0.2) is 0 Å². The van der Waals surface area contributed by atoms with Crippen molar-refractivity contribution in [3.05, 3.63) is 35.9 Å². The van der Waals surface area contributed by atoms with E-state index >= 15 is 0 Å². The third-order valence-electron chi connectivity index (χ3n) is 4.40. The number of amides is 3. The van der Waals surface area contributed by atoms with E-state index in [0.717, 1.165) is 18.4 Å². The number of rotatable bonds is 13. The second kappa shape index (κ2) is 13.2. The molecular weight excluding hydrogens is 388 g/mol. The molecule has 1 aromatic carbocycles. The maximum atomic E-state index is 12.1. The average molecular weight is 418 g/mol. The van der Waals surface area contributed by atoms with E-state index in [1.165, 1.54) is 6.92 Å². The Kier molecular flexibility index (Phi) is 11.0. The molecule has 0 heterocycles. The molecule has 0 spiro atoms. The topological polar surface area (TPSA) is 147 Å². The number of Topliss-reactive ketones (excluding diaryl/α,β-unsaturated/α-hetero) is 1. The van der Waals surface area contributed by atoms with Crippen LogP contribution in [0.4, 0.5) is 0 Å². The van der Waals surface area contributed by atoms with Gasteiger partial charge in [-0.3, -0.25) is 19.2 Å². The Hall–Kier alpha value is -3.07. The molecule has 1 rings (SSSR count). The minimum absolute atomic E-state index is 0.201. The SMILES string of the molecule is CCCC[C@@H](C=O)NC(=O)[C@H](C)NC(=O)CNC(=O)C(=O)[C@@H](N)Cc1ccccc1. The van der Waals surface area contributed by atoms with Gasteiger partial charge in [-0.15, -0.1) is 0 Å². The predicted octanol–water partition coefficient (Wildman–Crippen LogP) is -0.380. The van der Waals surface area contributed by atoms with E-state index in [1.807, 2.05) is 13.0 Å². The highest BCUT2D eigenvalue weighted by Gasteiger charge is 2.23. The molecule has 0 aliphatic heterocycles. The summed E-state index contributed by atoms with van der Waals surface area (Å²) in [6.07, 6.45) is 3.06. The van der Waals surface area contributed by atoms with Crippen LogP contribution in [0, 0.1) is 0 Å².